The number of ether oxygens (including phenoxy) is 1. The van der Waals surface area contributed by atoms with Crippen LogP contribution in [0.2, 0.25) is 0 Å². The normalized spacial score (nSPS) is 22.1. The summed E-state index contributed by atoms with van der Waals surface area (Å²) in [5, 5.41) is 4.29. The molecule has 3 rings (SSSR count). The van der Waals surface area contributed by atoms with Gasteiger partial charge < -0.3 is 15.8 Å². The van der Waals surface area contributed by atoms with Crippen molar-refractivity contribution in [3.05, 3.63) is 34.8 Å². The molecule has 2 heterocycles. The second kappa shape index (κ2) is 5.38. The number of anilines is 1. The molecule has 20 heavy (non-hydrogen) atoms. The number of pyridine rings is 1. The highest BCUT2D eigenvalue weighted by Crippen LogP contribution is 2.22. The van der Waals surface area contributed by atoms with E-state index in [0.29, 0.717) is 13.2 Å². The zero-order valence-corrected chi connectivity index (χ0v) is 12.3. The summed E-state index contributed by atoms with van der Waals surface area (Å²) in [4.78, 5) is 15.9. The third-order valence-corrected chi connectivity index (χ3v) is 3.92. The summed E-state index contributed by atoms with van der Waals surface area (Å²) in [5.74, 6) is 0.0729. The molecule has 0 aliphatic carbocycles. The number of hydrogen-bond donors (Lipinski definition) is 2. The van der Waals surface area contributed by atoms with Gasteiger partial charge in [0, 0.05) is 9.86 Å². The summed E-state index contributed by atoms with van der Waals surface area (Å²) in [6.45, 7) is 0.835. The standard InChI is InChI=1S/C14H14BrN3O2/c15-9-2-3-11-8(5-9)1-4-13(17-11)18-12-7-20-6-10(12)14(16)19/h1-5,10,12H,6-7H2,(H2,16,19)(H,17,18)/t10-,12+/m1/s1. The number of halogens is 1. The zero-order valence-electron chi connectivity index (χ0n) is 10.7. The predicted molar refractivity (Wildman–Crippen MR) is 80.4 cm³/mol. The third kappa shape index (κ3) is 2.62. The van der Waals surface area contributed by atoms with Crippen molar-refractivity contribution in [2.75, 3.05) is 18.5 Å². The van der Waals surface area contributed by atoms with E-state index in [4.69, 9.17) is 10.5 Å². The molecule has 0 spiro atoms. The van der Waals surface area contributed by atoms with E-state index in [1.54, 1.807) is 0 Å². The Hall–Kier alpha value is -1.66. The van der Waals surface area contributed by atoms with E-state index in [1.165, 1.54) is 0 Å². The number of rotatable bonds is 3. The SMILES string of the molecule is NC(=O)[C@@H]1COC[C@@H]1Nc1ccc2cc(Br)ccc2n1. The highest BCUT2D eigenvalue weighted by molar-refractivity contribution is 9.10. The van der Waals surface area contributed by atoms with Crippen molar-refractivity contribution in [1.29, 1.82) is 0 Å². The monoisotopic (exact) mass is 335 g/mol. The minimum atomic E-state index is -0.343. The summed E-state index contributed by atoms with van der Waals surface area (Å²) < 4.78 is 6.33. The van der Waals surface area contributed by atoms with Crippen LogP contribution in [0.25, 0.3) is 10.9 Å². The number of amides is 1. The van der Waals surface area contributed by atoms with Crippen molar-refractivity contribution in [2.45, 2.75) is 6.04 Å². The quantitative estimate of drug-likeness (QED) is 0.898. The molecule has 1 amide bonds. The van der Waals surface area contributed by atoms with Gasteiger partial charge in [-0.2, -0.15) is 0 Å². The summed E-state index contributed by atoms with van der Waals surface area (Å²) >= 11 is 3.43. The number of carbonyl (C=O) groups is 1. The lowest BCUT2D eigenvalue weighted by molar-refractivity contribution is -0.121. The molecule has 0 bridgehead atoms. The molecule has 2 aromatic rings. The summed E-state index contributed by atoms with van der Waals surface area (Å²) in [6, 6.07) is 9.67. The topological polar surface area (TPSA) is 77.2 Å². The van der Waals surface area contributed by atoms with Crippen LogP contribution in [0.15, 0.2) is 34.8 Å². The minimum absolute atomic E-state index is 0.118. The molecule has 1 aliphatic rings. The van der Waals surface area contributed by atoms with E-state index in [2.05, 4.69) is 26.2 Å². The number of nitrogens with two attached hydrogens (primary N) is 1. The molecule has 6 heteroatoms. The molecule has 5 nitrogen and oxygen atoms in total. The Morgan fingerprint density at radius 3 is 3.00 bits per heavy atom. The molecule has 1 fully saturated rings. The maximum atomic E-state index is 11.3. The number of benzene rings is 1. The molecular formula is C14H14BrN3O2. The van der Waals surface area contributed by atoms with Crippen molar-refractivity contribution in [2.24, 2.45) is 11.7 Å². The fourth-order valence-electron chi connectivity index (χ4n) is 2.34. The van der Waals surface area contributed by atoms with Gasteiger partial charge in [-0.1, -0.05) is 15.9 Å². The lowest BCUT2D eigenvalue weighted by atomic mass is 10.0. The van der Waals surface area contributed by atoms with Gasteiger partial charge in [-0.25, -0.2) is 4.98 Å². The predicted octanol–water partition coefficient (Wildman–Crippen LogP) is 1.91. The number of hydrogen-bond acceptors (Lipinski definition) is 4. The smallest absolute Gasteiger partial charge is 0.225 e. The molecule has 0 unspecified atom stereocenters. The van der Waals surface area contributed by atoms with Crippen molar-refractivity contribution in [3.8, 4) is 0 Å². The maximum Gasteiger partial charge on any atom is 0.225 e. The van der Waals surface area contributed by atoms with E-state index in [0.717, 1.165) is 21.2 Å². The maximum absolute atomic E-state index is 11.3. The zero-order chi connectivity index (χ0) is 14.1. The first-order valence-electron chi connectivity index (χ1n) is 6.33. The van der Waals surface area contributed by atoms with Crippen LogP contribution in [-0.4, -0.2) is 30.1 Å². The Kier molecular flexibility index (Phi) is 3.58. The van der Waals surface area contributed by atoms with E-state index in [-0.39, 0.29) is 17.9 Å². The van der Waals surface area contributed by atoms with Gasteiger partial charge in [-0.3, -0.25) is 4.79 Å². The van der Waals surface area contributed by atoms with Crippen LogP contribution in [0.3, 0.4) is 0 Å². The van der Waals surface area contributed by atoms with Crippen molar-refractivity contribution >= 4 is 38.6 Å². The Bertz CT molecular complexity index is 662. The molecule has 0 saturated carbocycles. The van der Waals surface area contributed by atoms with Crippen LogP contribution < -0.4 is 11.1 Å². The second-order valence-corrected chi connectivity index (χ2v) is 5.75. The van der Waals surface area contributed by atoms with E-state index < -0.39 is 0 Å². The van der Waals surface area contributed by atoms with Crippen molar-refractivity contribution in [3.63, 3.8) is 0 Å². The van der Waals surface area contributed by atoms with E-state index >= 15 is 0 Å². The van der Waals surface area contributed by atoms with Gasteiger partial charge in [0.2, 0.25) is 5.91 Å². The number of fused-ring (bicyclic) bond motifs is 1. The van der Waals surface area contributed by atoms with Crippen LogP contribution in [0.5, 0.6) is 0 Å². The lowest BCUT2D eigenvalue weighted by Crippen LogP contribution is -2.37. The minimum Gasteiger partial charge on any atom is -0.378 e. The number of carbonyl (C=O) groups excluding carboxylic acids is 1. The summed E-state index contributed by atoms with van der Waals surface area (Å²) in [7, 11) is 0. The van der Waals surface area contributed by atoms with Gasteiger partial charge in [0.15, 0.2) is 0 Å². The molecule has 1 saturated heterocycles. The van der Waals surface area contributed by atoms with Crippen LogP contribution in [0.1, 0.15) is 0 Å². The molecule has 1 aromatic carbocycles. The van der Waals surface area contributed by atoms with E-state index in [9.17, 15) is 4.79 Å². The first kappa shape index (κ1) is 13.3. The Balaban J connectivity index is 1.84. The van der Waals surface area contributed by atoms with Crippen LogP contribution >= 0.6 is 15.9 Å². The van der Waals surface area contributed by atoms with Gasteiger partial charge >= 0.3 is 0 Å². The largest absolute Gasteiger partial charge is 0.378 e. The lowest BCUT2D eigenvalue weighted by Gasteiger charge is -2.17. The van der Waals surface area contributed by atoms with E-state index in [1.807, 2.05) is 30.3 Å². The highest BCUT2D eigenvalue weighted by atomic mass is 79.9. The van der Waals surface area contributed by atoms with Crippen LogP contribution in [0.4, 0.5) is 5.82 Å². The fourth-order valence-corrected chi connectivity index (χ4v) is 2.72. The Labute approximate surface area is 124 Å². The number of nitrogens with zero attached hydrogens (tertiary/aromatic N) is 1. The second-order valence-electron chi connectivity index (χ2n) is 4.83. The van der Waals surface area contributed by atoms with Crippen LogP contribution in [0, 0.1) is 5.92 Å². The molecule has 1 aromatic heterocycles. The molecule has 1 aliphatic heterocycles. The van der Waals surface area contributed by atoms with Gasteiger partial charge in [-0.05, 0) is 30.3 Å². The van der Waals surface area contributed by atoms with Gasteiger partial charge in [-0.15, -0.1) is 0 Å². The molecule has 2 atom stereocenters. The molecule has 0 radical (unpaired) electrons. The number of aromatic nitrogens is 1. The number of primary amides is 1. The Morgan fingerprint density at radius 2 is 2.20 bits per heavy atom. The number of nitrogens with one attached hydrogen (secondary N) is 1. The fraction of sp³-hybridized carbons (Fsp3) is 0.286. The summed E-state index contributed by atoms with van der Waals surface area (Å²) in [5.41, 5.74) is 6.26. The van der Waals surface area contributed by atoms with Crippen molar-refractivity contribution < 1.29 is 9.53 Å². The van der Waals surface area contributed by atoms with Gasteiger partial charge in [0.1, 0.15) is 5.82 Å². The Morgan fingerprint density at radius 1 is 1.35 bits per heavy atom. The molecular weight excluding hydrogens is 322 g/mol. The third-order valence-electron chi connectivity index (χ3n) is 3.43. The van der Waals surface area contributed by atoms with Gasteiger partial charge in [0.05, 0.1) is 30.7 Å². The summed E-state index contributed by atoms with van der Waals surface area (Å²) in [6.07, 6.45) is 0. The van der Waals surface area contributed by atoms with Crippen molar-refractivity contribution in [1.82, 2.24) is 4.98 Å². The average Bonchev–Trinajstić information content (AvgIpc) is 2.87. The molecule has 104 valence electrons. The average molecular weight is 336 g/mol. The first-order chi connectivity index (χ1) is 9.63. The highest BCUT2D eigenvalue weighted by Gasteiger charge is 2.32. The molecule has 3 N–H and O–H groups in total. The van der Waals surface area contributed by atoms with Gasteiger partial charge in [0.25, 0.3) is 0 Å². The van der Waals surface area contributed by atoms with Crippen LogP contribution in [-0.2, 0) is 9.53 Å². The first-order valence-corrected chi connectivity index (χ1v) is 7.13.